The lowest BCUT2D eigenvalue weighted by atomic mass is 10.3. The number of halogens is 1. The van der Waals surface area contributed by atoms with Crippen LogP contribution >= 0.6 is 27.3 Å². The molecule has 5 heteroatoms. The number of aryl methyl sites for hydroxylation is 2. The van der Waals surface area contributed by atoms with E-state index in [0.717, 1.165) is 27.3 Å². The molecule has 0 atom stereocenters. The number of carbonyl (C=O) groups excluding carboxylic acids is 1. The quantitative estimate of drug-likeness (QED) is 0.677. The number of alkyl halides is 1. The third-order valence-electron chi connectivity index (χ3n) is 1.71. The van der Waals surface area contributed by atoms with Gasteiger partial charge in [0.15, 0.2) is 0 Å². The van der Waals surface area contributed by atoms with Crippen LogP contribution in [0.1, 0.15) is 26.8 Å². The summed E-state index contributed by atoms with van der Waals surface area (Å²) in [6.45, 7) is 4.48. The largest absolute Gasteiger partial charge is 0.351 e. The van der Waals surface area contributed by atoms with Crippen molar-refractivity contribution in [3.8, 4) is 0 Å². The van der Waals surface area contributed by atoms with Gasteiger partial charge in [0.05, 0.1) is 10.7 Å². The van der Waals surface area contributed by atoms with Crippen LogP contribution in [0.15, 0.2) is 0 Å². The molecule has 0 aliphatic heterocycles. The lowest BCUT2D eigenvalue weighted by molar-refractivity contribution is 0.0957. The minimum absolute atomic E-state index is 0.00551. The van der Waals surface area contributed by atoms with Crippen LogP contribution < -0.4 is 5.32 Å². The predicted molar refractivity (Wildman–Crippen MR) is 62.3 cm³/mol. The molecule has 78 valence electrons. The fourth-order valence-corrected chi connectivity index (χ4v) is 2.21. The van der Waals surface area contributed by atoms with E-state index < -0.39 is 0 Å². The molecule has 0 radical (unpaired) electrons. The number of hydrogen-bond donors (Lipinski definition) is 1. The van der Waals surface area contributed by atoms with Crippen molar-refractivity contribution < 1.29 is 4.79 Å². The van der Waals surface area contributed by atoms with E-state index in [2.05, 4.69) is 26.2 Å². The zero-order chi connectivity index (χ0) is 10.6. The summed E-state index contributed by atoms with van der Waals surface area (Å²) >= 11 is 4.76. The van der Waals surface area contributed by atoms with Gasteiger partial charge in [-0.15, -0.1) is 11.3 Å². The highest BCUT2D eigenvalue weighted by Crippen LogP contribution is 2.16. The summed E-state index contributed by atoms with van der Waals surface area (Å²) in [6, 6.07) is 0. The Morgan fingerprint density at radius 1 is 1.57 bits per heavy atom. The van der Waals surface area contributed by atoms with Gasteiger partial charge in [-0.3, -0.25) is 4.79 Å². The van der Waals surface area contributed by atoms with Gasteiger partial charge in [0, 0.05) is 11.9 Å². The first-order chi connectivity index (χ1) is 6.65. The van der Waals surface area contributed by atoms with Crippen molar-refractivity contribution in [2.75, 3.05) is 11.9 Å². The number of rotatable bonds is 4. The summed E-state index contributed by atoms with van der Waals surface area (Å²) in [6.07, 6.45) is 0.947. The van der Waals surface area contributed by atoms with Crippen LogP contribution in [0.2, 0.25) is 0 Å². The monoisotopic (exact) mass is 276 g/mol. The number of thiazole rings is 1. The van der Waals surface area contributed by atoms with Crippen LogP contribution in [-0.4, -0.2) is 22.8 Å². The lowest BCUT2D eigenvalue weighted by Gasteiger charge is -2.01. The smallest absolute Gasteiger partial charge is 0.263 e. The molecule has 0 aliphatic rings. The van der Waals surface area contributed by atoms with E-state index in [4.69, 9.17) is 0 Å². The topological polar surface area (TPSA) is 42.0 Å². The molecule has 0 unspecified atom stereocenters. The first-order valence-corrected chi connectivity index (χ1v) is 6.37. The van der Waals surface area contributed by atoms with Crippen LogP contribution in [0, 0.1) is 13.8 Å². The molecule has 14 heavy (non-hydrogen) atoms. The Kier molecular flexibility index (Phi) is 4.54. The van der Waals surface area contributed by atoms with Crippen LogP contribution in [0.3, 0.4) is 0 Å². The summed E-state index contributed by atoms with van der Waals surface area (Å²) < 4.78 is 0. The first-order valence-electron chi connectivity index (χ1n) is 4.43. The summed E-state index contributed by atoms with van der Waals surface area (Å²) in [5.74, 6) is -0.00551. The van der Waals surface area contributed by atoms with Crippen LogP contribution in [0.4, 0.5) is 0 Å². The Balaban J connectivity index is 2.56. The summed E-state index contributed by atoms with van der Waals surface area (Å²) in [4.78, 5) is 16.5. The molecule has 0 bridgehead atoms. The van der Waals surface area contributed by atoms with E-state index in [9.17, 15) is 4.79 Å². The molecule has 0 aromatic carbocycles. The van der Waals surface area contributed by atoms with Gasteiger partial charge in [-0.05, 0) is 20.3 Å². The molecule has 0 saturated heterocycles. The van der Waals surface area contributed by atoms with Gasteiger partial charge in [-0.2, -0.15) is 0 Å². The second-order valence-electron chi connectivity index (χ2n) is 2.95. The van der Waals surface area contributed by atoms with E-state index in [1.54, 1.807) is 0 Å². The number of carbonyl (C=O) groups is 1. The van der Waals surface area contributed by atoms with Crippen molar-refractivity contribution in [1.82, 2.24) is 10.3 Å². The first kappa shape index (κ1) is 11.7. The lowest BCUT2D eigenvalue weighted by Crippen LogP contribution is -2.24. The van der Waals surface area contributed by atoms with Crippen LogP contribution in [0.25, 0.3) is 0 Å². The number of nitrogens with one attached hydrogen (secondary N) is 1. The maximum Gasteiger partial charge on any atom is 0.263 e. The highest BCUT2D eigenvalue weighted by atomic mass is 79.9. The molecular weight excluding hydrogens is 264 g/mol. The summed E-state index contributed by atoms with van der Waals surface area (Å²) in [5, 5.41) is 4.70. The second-order valence-corrected chi connectivity index (χ2v) is 4.94. The van der Waals surface area contributed by atoms with Crippen molar-refractivity contribution in [1.29, 1.82) is 0 Å². The fourth-order valence-electron chi connectivity index (χ4n) is 1.09. The molecule has 3 nitrogen and oxygen atoms in total. The van der Waals surface area contributed by atoms with Crippen molar-refractivity contribution in [3.05, 3.63) is 15.6 Å². The third kappa shape index (κ3) is 3.06. The molecule has 1 aromatic rings. The Bertz CT molecular complexity index is 325. The normalized spacial score (nSPS) is 10.2. The molecule has 1 N–H and O–H groups in total. The number of amides is 1. The molecule has 0 aliphatic carbocycles. The predicted octanol–water partition coefficient (Wildman–Crippen LogP) is 2.27. The van der Waals surface area contributed by atoms with E-state index in [1.807, 2.05) is 13.8 Å². The Labute approximate surface area is 96.1 Å². The molecule has 1 heterocycles. The van der Waals surface area contributed by atoms with Gasteiger partial charge in [0.25, 0.3) is 5.91 Å². The highest BCUT2D eigenvalue weighted by Gasteiger charge is 2.12. The van der Waals surface area contributed by atoms with Gasteiger partial charge in [0.1, 0.15) is 4.88 Å². The van der Waals surface area contributed by atoms with Crippen molar-refractivity contribution in [2.45, 2.75) is 20.3 Å². The molecule has 1 rings (SSSR count). The molecule has 0 fully saturated rings. The zero-order valence-electron chi connectivity index (χ0n) is 8.26. The van der Waals surface area contributed by atoms with Gasteiger partial charge in [-0.25, -0.2) is 4.98 Å². The van der Waals surface area contributed by atoms with Crippen LogP contribution in [0.5, 0.6) is 0 Å². The van der Waals surface area contributed by atoms with E-state index >= 15 is 0 Å². The number of nitrogens with zero attached hydrogens (tertiary/aromatic N) is 1. The average molecular weight is 277 g/mol. The molecule has 0 spiro atoms. The Morgan fingerprint density at radius 2 is 2.29 bits per heavy atom. The number of aromatic nitrogens is 1. The second kappa shape index (κ2) is 5.46. The van der Waals surface area contributed by atoms with E-state index in [1.165, 1.54) is 11.3 Å². The molecular formula is C9H13BrN2OS. The van der Waals surface area contributed by atoms with Crippen molar-refractivity contribution in [3.63, 3.8) is 0 Å². The fraction of sp³-hybridized carbons (Fsp3) is 0.556. The maximum absolute atomic E-state index is 11.6. The molecule has 1 amide bonds. The van der Waals surface area contributed by atoms with Gasteiger partial charge < -0.3 is 5.32 Å². The standard InChI is InChI=1S/C9H13BrN2OS/c1-6-8(14-7(2)12-6)9(13)11-5-3-4-10/h3-5H2,1-2H3,(H,11,13). The summed E-state index contributed by atoms with van der Waals surface area (Å²) in [5.41, 5.74) is 0.823. The average Bonchev–Trinajstić information content (AvgIpc) is 2.45. The number of hydrogen-bond acceptors (Lipinski definition) is 3. The highest BCUT2D eigenvalue weighted by molar-refractivity contribution is 9.09. The van der Waals surface area contributed by atoms with E-state index in [-0.39, 0.29) is 5.91 Å². The van der Waals surface area contributed by atoms with Gasteiger partial charge in [-0.1, -0.05) is 15.9 Å². The zero-order valence-corrected chi connectivity index (χ0v) is 10.7. The van der Waals surface area contributed by atoms with E-state index in [0.29, 0.717) is 6.54 Å². The Hall–Kier alpha value is -0.420. The minimum atomic E-state index is -0.00551. The SMILES string of the molecule is Cc1nc(C)c(C(=O)NCCCBr)s1. The van der Waals surface area contributed by atoms with Crippen molar-refractivity contribution >= 4 is 33.2 Å². The van der Waals surface area contributed by atoms with Gasteiger partial charge in [0.2, 0.25) is 0 Å². The van der Waals surface area contributed by atoms with Gasteiger partial charge >= 0.3 is 0 Å². The maximum atomic E-state index is 11.6. The third-order valence-corrected chi connectivity index (χ3v) is 3.34. The molecule has 0 saturated carbocycles. The Morgan fingerprint density at radius 3 is 2.79 bits per heavy atom. The van der Waals surface area contributed by atoms with Crippen LogP contribution in [-0.2, 0) is 0 Å². The minimum Gasteiger partial charge on any atom is -0.351 e. The van der Waals surface area contributed by atoms with Crippen molar-refractivity contribution in [2.24, 2.45) is 0 Å². The molecule has 1 aromatic heterocycles. The summed E-state index contributed by atoms with van der Waals surface area (Å²) in [7, 11) is 0.